The molecule has 0 saturated carbocycles. The van der Waals surface area contributed by atoms with E-state index in [0.29, 0.717) is 5.56 Å². The molecule has 0 heterocycles. The minimum absolute atomic E-state index is 0. The SMILES string of the molecule is Cc1cc(C(=O)O)c(C)c(S(=O)(=O)O)c1.[Na+]. The zero-order chi connectivity index (χ0) is 11.8. The Morgan fingerprint density at radius 3 is 2.12 bits per heavy atom. The van der Waals surface area contributed by atoms with E-state index in [1.807, 2.05) is 0 Å². The van der Waals surface area contributed by atoms with Crippen LogP contribution in [0.3, 0.4) is 0 Å². The van der Waals surface area contributed by atoms with Gasteiger partial charge in [-0.2, -0.15) is 8.42 Å². The van der Waals surface area contributed by atoms with Gasteiger partial charge in [0.05, 0.1) is 10.5 Å². The average molecular weight is 253 g/mol. The third kappa shape index (κ3) is 3.29. The Morgan fingerprint density at radius 1 is 1.25 bits per heavy atom. The molecule has 0 fully saturated rings. The van der Waals surface area contributed by atoms with Crippen LogP contribution in [-0.2, 0) is 10.1 Å². The molecular formula is C9H10NaO5S+. The molecule has 5 nitrogen and oxygen atoms in total. The van der Waals surface area contributed by atoms with Gasteiger partial charge in [-0.1, -0.05) is 0 Å². The predicted molar refractivity (Wildman–Crippen MR) is 52.7 cm³/mol. The second-order valence-corrected chi connectivity index (χ2v) is 4.61. The summed E-state index contributed by atoms with van der Waals surface area (Å²) in [5, 5.41) is 8.80. The molecule has 1 rings (SSSR count). The van der Waals surface area contributed by atoms with Gasteiger partial charge in [0, 0.05) is 0 Å². The fourth-order valence-electron chi connectivity index (χ4n) is 1.32. The van der Waals surface area contributed by atoms with Crippen molar-refractivity contribution in [2.75, 3.05) is 0 Å². The van der Waals surface area contributed by atoms with Crippen molar-refractivity contribution in [2.24, 2.45) is 0 Å². The summed E-state index contributed by atoms with van der Waals surface area (Å²) in [6.45, 7) is 2.90. The molecule has 82 valence electrons. The molecule has 0 amide bonds. The van der Waals surface area contributed by atoms with Crippen molar-refractivity contribution in [3.8, 4) is 0 Å². The molecule has 1 aromatic carbocycles. The summed E-state index contributed by atoms with van der Waals surface area (Å²) in [7, 11) is -4.38. The molecule has 1 aromatic rings. The summed E-state index contributed by atoms with van der Waals surface area (Å²) in [6.07, 6.45) is 0. The van der Waals surface area contributed by atoms with E-state index in [0.717, 1.165) is 0 Å². The van der Waals surface area contributed by atoms with Gasteiger partial charge in [-0.25, -0.2) is 4.79 Å². The summed E-state index contributed by atoms with van der Waals surface area (Å²) >= 11 is 0. The maximum absolute atomic E-state index is 10.9. The standard InChI is InChI=1S/C9H10O5S.Na/c1-5-3-7(9(10)11)6(2)8(4-5)15(12,13)14;/h3-4H,1-2H3,(H,10,11)(H,12,13,14);/q;+1. The Bertz CT molecular complexity index is 521. The van der Waals surface area contributed by atoms with Gasteiger partial charge in [0.15, 0.2) is 0 Å². The quantitative estimate of drug-likeness (QED) is 0.482. The number of carbonyl (C=O) groups is 1. The molecule has 0 aromatic heterocycles. The number of aromatic carboxylic acids is 1. The Hall–Kier alpha value is -0.400. The smallest absolute Gasteiger partial charge is 0.478 e. The van der Waals surface area contributed by atoms with E-state index in [2.05, 4.69) is 0 Å². The number of aryl methyl sites for hydroxylation is 1. The van der Waals surface area contributed by atoms with E-state index in [4.69, 9.17) is 9.66 Å². The molecule has 2 N–H and O–H groups in total. The molecule has 16 heavy (non-hydrogen) atoms. The van der Waals surface area contributed by atoms with Crippen LogP contribution in [-0.4, -0.2) is 24.0 Å². The maximum Gasteiger partial charge on any atom is 1.00 e. The van der Waals surface area contributed by atoms with Crippen LogP contribution in [0.25, 0.3) is 0 Å². The Morgan fingerprint density at radius 2 is 1.75 bits per heavy atom. The van der Waals surface area contributed by atoms with Crippen LogP contribution >= 0.6 is 0 Å². The van der Waals surface area contributed by atoms with Gasteiger partial charge < -0.3 is 5.11 Å². The van der Waals surface area contributed by atoms with Crippen LogP contribution in [0.2, 0.25) is 0 Å². The number of benzene rings is 1. The van der Waals surface area contributed by atoms with Gasteiger partial charge in [0.25, 0.3) is 10.1 Å². The van der Waals surface area contributed by atoms with Crippen molar-refractivity contribution in [2.45, 2.75) is 18.7 Å². The molecule has 0 aliphatic carbocycles. The molecule has 0 saturated heterocycles. The minimum Gasteiger partial charge on any atom is -0.478 e. The Balaban J connectivity index is 0.00000225. The van der Waals surface area contributed by atoms with Gasteiger partial charge in [0.1, 0.15) is 0 Å². The third-order valence-electron chi connectivity index (χ3n) is 2.01. The van der Waals surface area contributed by atoms with Crippen molar-refractivity contribution in [1.29, 1.82) is 0 Å². The number of rotatable bonds is 2. The van der Waals surface area contributed by atoms with Crippen molar-refractivity contribution in [3.05, 3.63) is 28.8 Å². The summed E-state index contributed by atoms with van der Waals surface area (Å²) in [6, 6.07) is 2.59. The van der Waals surface area contributed by atoms with Gasteiger partial charge in [-0.3, -0.25) is 4.55 Å². The summed E-state index contributed by atoms with van der Waals surface area (Å²) in [4.78, 5) is 10.4. The molecule has 0 radical (unpaired) electrons. The van der Waals surface area contributed by atoms with E-state index in [-0.39, 0.29) is 45.6 Å². The van der Waals surface area contributed by atoms with Crippen LogP contribution in [0.15, 0.2) is 17.0 Å². The maximum atomic E-state index is 10.9. The van der Waals surface area contributed by atoms with Gasteiger partial charge in [-0.05, 0) is 37.1 Å². The molecule has 0 spiro atoms. The molecule has 0 atom stereocenters. The fourth-order valence-corrected chi connectivity index (χ4v) is 2.15. The number of carboxylic acids is 1. The van der Waals surface area contributed by atoms with Crippen molar-refractivity contribution in [3.63, 3.8) is 0 Å². The topological polar surface area (TPSA) is 91.7 Å². The molecule has 7 heteroatoms. The molecular weight excluding hydrogens is 243 g/mol. The monoisotopic (exact) mass is 253 g/mol. The zero-order valence-corrected chi connectivity index (χ0v) is 12.0. The van der Waals surface area contributed by atoms with Crippen LogP contribution in [0, 0.1) is 13.8 Å². The summed E-state index contributed by atoms with van der Waals surface area (Å²) in [5.41, 5.74) is 0.379. The van der Waals surface area contributed by atoms with Crippen LogP contribution < -0.4 is 29.6 Å². The zero-order valence-electron chi connectivity index (χ0n) is 9.18. The Kier molecular flexibility index (Phi) is 5.15. The fraction of sp³-hybridized carbons (Fsp3) is 0.222. The summed E-state index contributed by atoms with van der Waals surface area (Å²) < 4.78 is 30.8. The van der Waals surface area contributed by atoms with E-state index in [9.17, 15) is 13.2 Å². The first-order valence-corrected chi connectivity index (χ1v) is 5.49. The third-order valence-corrected chi connectivity index (χ3v) is 2.99. The largest absolute Gasteiger partial charge is 1.00 e. The number of carboxylic acid groups (broad SMARTS) is 1. The van der Waals surface area contributed by atoms with E-state index in [1.165, 1.54) is 19.1 Å². The van der Waals surface area contributed by atoms with E-state index >= 15 is 0 Å². The van der Waals surface area contributed by atoms with E-state index < -0.39 is 16.1 Å². The molecule has 0 aliphatic rings. The normalized spacial score (nSPS) is 10.7. The average Bonchev–Trinajstić information content (AvgIpc) is 2.06. The second-order valence-electron chi connectivity index (χ2n) is 3.22. The predicted octanol–water partition coefficient (Wildman–Crippen LogP) is -1.75. The van der Waals surface area contributed by atoms with Crippen LogP contribution in [0.5, 0.6) is 0 Å². The first-order chi connectivity index (χ1) is 6.73. The van der Waals surface area contributed by atoms with Gasteiger partial charge >= 0.3 is 35.5 Å². The van der Waals surface area contributed by atoms with Crippen LogP contribution in [0.4, 0.5) is 0 Å². The number of hydrogen-bond acceptors (Lipinski definition) is 3. The number of hydrogen-bond donors (Lipinski definition) is 2. The van der Waals surface area contributed by atoms with Crippen molar-refractivity contribution < 1.29 is 52.4 Å². The molecule has 0 unspecified atom stereocenters. The Labute approximate surface area is 116 Å². The first kappa shape index (κ1) is 15.6. The molecule has 0 aliphatic heterocycles. The van der Waals surface area contributed by atoms with Crippen molar-refractivity contribution >= 4 is 16.1 Å². The second kappa shape index (κ2) is 5.29. The van der Waals surface area contributed by atoms with Gasteiger partial charge in [0.2, 0.25) is 0 Å². The molecule has 0 bridgehead atoms. The van der Waals surface area contributed by atoms with Crippen LogP contribution in [0.1, 0.15) is 21.5 Å². The van der Waals surface area contributed by atoms with Crippen molar-refractivity contribution in [1.82, 2.24) is 0 Å². The van der Waals surface area contributed by atoms with E-state index in [1.54, 1.807) is 6.92 Å². The van der Waals surface area contributed by atoms with Gasteiger partial charge in [-0.15, -0.1) is 0 Å². The summed E-state index contributed by atoms with van der Waals surface area (Å²) in [5.74, 6) is -1.22. The first-order valence-electron chi connectivity index (χ1n) is 4.05. The minimum atomic E-state index is -4.38.